The molecule has 0 bridgehead atoms. The first kappa shape index (κ1) is 13.6. The van der Waals surface area contributed by atoms with Crippen LogP contribution in [0.3, 0.4) is 0 Å². The summed E-state index contributed by atoms with van der Waals surface area (Å²) in [7, 11) is -4.17. The molecule has 0 saturated carbocycles. The fraction of sp³-hybridized carbons (Fsp3) is 0.750. The van der Waals surface area contributed by atoms with E-state index in [2.05, 4.69) is 4.74 Å². The molecule has 0 aromatic rings. The van der Waals surface area contributed by atoms with Gasteiger partial charge in [0, 0.05) is 25.3 Å². The molecule has 0 saturated heterocycles. The molecule has 0 heterocycles. The number of carbonyl (C=O) groups is 1. The van der Waals surface area contributed by atoms with Gasteiger partial charge in [-0.2, -0.15) is 8.42 Å². The summed E-state index contributed by atoms with van der Waals surface area (Å²) in [5, 5.41) is 0. The Kier molecular flexibility index (Phi) is 6.91. The average molecular weight is 175 g/mol. The van der Waals surface area contributed by atoms with Crippen LogP contribution in [-0.2, 0) is 19.6 Å². The van der Waals surface area contributed by atoms with Gasteiger partial charge in [-0.25, -0.2) is 0 Å². The van der Waals surface area contributed by atoms with E-state index in [-0.39, 0.29) is 25.3 Å². The molecular weight excluding hydrogens is 167 g/mol. The molecule has 0 unspecified atom stereocenters. The van der Waals surface area contributed by atoms with Crippen molar-refractivity contribution >= 4 is 34.9 Å². The molecule has 0 atom stereocenters. The van der Waals surface area contributed by atoms with Gasteiger partial charge < -0.3 is 4.74 Å². The zero-order chi connectivity index (χ0) is 8.20. The van der Waals surface area contributed by atoms with E-state index in [1.807, 2.05) is 0 Å². The second-order valence-corrected chi connectivity index (χ2v) is 2.97. The Morgan fingerprint density at radius 3 is 2.27 bits per heavy atom. The van der Waals surface area contributed by atoms with Crippen molar-refractivity contribution in [3.05, 3.63) is 0 Å². The van der Waals surface area contributed by atoms with E-state index in [0.717, 1.165) is 0 Å². The largest absolute Gasteiger partial charge is 0.447 e. The standard InChI is InChI=1S/C4H8O5S.Li/c1-2-4(5)9-3-10(6,7)8;/h2-3H2,1H3,(H,6,7,8);. The maximum absolute atomic E-state index is 10.3. The number of ether oxygens (including phenoxy) is 1. The summed E-state index contributed by atoms with van der Waals surface area (Å²) in [6.45, 7) is 1.52. The molecule has 5 nitrogen and oxygen atoms in total. The van der Waals surface area contributed by atoms with Gasteiger partial charge in [-0.1, -0.05) is 6.92 Å². The normalized spacial score (nSPS) is 10.0. The second-order valence-electron chi connectivity index (χ2n) is 1.57. The van der Waals surface area contributed by atoms with Crippen LogP contribution >= 0.6 is 0 Å². The summed E-state index contributed by atoms with van der Waals surface area (Å²) in [6, 6.07) is 0. The third-order valence-corrected chi connectivity index (χ3v) is 1.07. The van der Waals surface area contributed by atoms with E-state index >= 15 is 0 Å². The predicted octanol–water partition coefficient (Wildman–Crippen LogP) is -0.596. The van der Waals surface area contributed by atoms with E-state index in [1.54, 1.807) is 0 Å². The van der Waals surface area contributed by atoms with Gasteiger partial charge >= 0.3 is 16.1 Å². The average Bonchev–Trinajstić information content (AvgIpc) is 1.81. The first-order valence-electron chi connectivity index (χ1n) is 2.56. The summed E-state index contributed by atoms with van der Waals surface area (Å²) < 4.78 is 32.0. The summed E-state index contributed by atoms with van der Waals surface area (Å²) >= 11 is 0. The second kappa shape index (κ2) is 5.61. The predicted molar refractivity (Wildman–Crippen MR) is 38.6 cm³/mol. The maximum Gasteiger partial charge on any atom is 0.306 e. The molecule has 0 aliphatic heterocycles. The fourth-order valence-electron chi connectivity index (χ4n) is 0.242. The smallest absolute Gasteiger partial charge is 0.306 e. The zero-order valence-corrected chi connectivity index (χ0v) is 7.22. The Bertz CT molecular complexity index is 209. The number of carbonyl (C=O) groups excluding carboxylic acids is 1. The van der Waals surface area contributed by atoms with Gasteiger partial charge in [0.15, 0.2) is 0 Å². The minimum atomic E-state index is -4.17. The minimum absolute atomic E-state index is 0. The first-order chi connectivity index (χ1) is 4.45. The SMILES string of the molecule is CCC(=O)OCS(=O)(=O)O.[Li]. The van der Waals surface area contributed by atoms with Crippen LogP contribution in [0.25, 0.3) is 0 Å². The van der Waals surface area contributed by atoms with E-state index in [9.17, 15) is 13.2 Å². The van der Waals surface area contributed by atoms with Crippen LogP contribution in [0.5, 0.6) is 0 Å². The molecule has 0 aromatic carbocycles. The molecule has 0 rings (SSSR count). The monoisotopic (exact) mass is 175 g/mol. The summed E-state index contributed by atoms with van der Waals surface area (Å²) in [5.41, 5.74) is 0. The Morgan fingerprint density at radius 1 is 1.55 bits per heavy atom. The molecule has 11 heavy (non-hydrogen) atoms. The third kappa shape index (κ3) is 9.98. The summed E-state index contributed by atoms with van der Waals surface area (Å²) in [4.78, 5) is 10.3. The number of rotatable bonds is 3. The van der Waals surface area contributed by atoms with Crippen molar-refractivity contribution in [2.75, 3.05) is 5.94 Å². The van der Waals surface area contributed by atoms with Gasteiger partial charge in [-0.05, 0) is 0 Å². The molecule has 0 aliphatic carbocycles. The molecule has 0 aliphatic rings. The van der Waals surface area contributed by atoms with Crippen LogP contribution in [0.15, 0.2) is 0 Å². The number of esters is 1. The fourth-order valence-corrected chi connectivity index (χ4v) is 0.523. The molecule has 0 spiro atoms. The van der Waals surface area contributed by atoms with Gasteiger partial charge in [0.05, 0.1) is 0 Å². The first-order valence-corrected chi connectivity index (χ1v) is 4.17. The number of hydrogen-bond acceptors (Lipinski definition) is 4. The van der Waals surface area contributed by atoms with Crippen molar-refractivity contribution in [3.63, 3.8) is 0 Å². The van der Waals surface area contributed by atoms with Crippen molar-refractivity contribution in [2.24, 2.45) is 0 Å². The van der Waals surface area contributed by atoms with Crippen molar-refractivity contribution < 1.29 is 22.5 Å². The quantitative estimate of drug-likeness (QED) is 0.352. The Balaban J connectivity index is 0. The van der Waals surface area contributed by atoms with Crippen LogP contribution in [-0.4, -0.2) is 43.7 Å². The van der Waals surface area contributed by atoms with E-state index < -0.39 is 22.0 Å². The van der Waals surface area contributed by atoms with Crippen molar-refractivity contribution in [1.29, 1.82) is 0 Å². The summed E-state index contributed by atoms with van der Waals surface area (Å²) in [5.74, 6) is -1.61. The van der Waals surface area contributed by atoms with Crippen molar-refractivity contribution in [2.45, 2.75) is 13.3 Å². The van der Waals surface area contributed by atoms with Crippen LogP contribution in [0.4, 0.5) is 0 Å². The molecule has 0 fully saturated rings. The Labute approximate surface area is 77.0 Å². The minimum Gasteiger partial charge on any atom is -0.447 e. The van der Waals surface area contributed by atoms with Gasteiger partial charge in [0.25, 0.3) is 0 Å². The Hall–Kier alpha value is -0.0226. The molecule has 61 valence electrons. The molecule has 1 radical (unpaired) electrons. The molecular formula is C4H8LiO5S. The van der Waals surface area contributed by atoms with Gasteiger partial charge in [0.2, 0.25) is 5.94 Å². The summed E-state index contributed by atoms with van der Waals surface area (Å²) in [6.07, 6.45) is 0.0928. The van der Waals surface area contributed by atoms with Crippen LogP contribution in [0, 0.1) is 0 Å². The van der Waals surface area contributed by atoms with Crippen molar-refractivity contribution in [3.8, 4) is 0 Å². The topological polar surface area (TPSA) is 80.7 Å². The van der Waals surface area contributed by atoms with Crippen LogP contribution in [0.2, 0.25) is 0 Å². The van der Waals surface area contributed by atoms with Crippen molar-refractivity contribution in [1.82, 2.24) is 0 Å². The van der Waals surface area contributed by atoms with Gasteiger partial charge in [-0.3, -0.25) is 9.35 Å². The number of hydrogen-bond donors (Lipinski definition) is 1. The van der Waals surface area contributed by atoms with Crippen LogP contribution in [0.1, 0.15) is 13.3 Å². The molecule has 7 heteroatoms. The maximum atomic E-state index is 10.3. The van der Waals surface area contributed by atoms with Gasteiger partial charge in [0.1, 0.15) is 0 Å². The van der Waals surface area contributed by atoms with E-state index in [4.69, 9.17) is 4.55 Å². The van der Waals surface area contributed by atoms with Crippen LogP contribution < -0.4 is 0 Å². The molecule has 0 aromatic heterocycles. The van der Waals surface area contributed by atoms with E-state index in [0.29, 0.717) is 0 Å². The van der Waals surface area contributed by atoms with E-state index in [1.165, 1.54) is 6.92 Å². The third-order valence-electron chi connectivity index (χ3n) is 0.658. The van der Waals surface area contributed by atoms with Gasteiger partial charge in [-0.15, -0.1) is 0 Å². The molecule has 1 N–H and O–H groups in total. The molecule has 0 amide bonds. The zero-order valence-electron chi connectivity index (χ0n) is 6.40. The Morgan fingerprint density at radius 2 is 2.00 bits per heavy atom.